The number of aromatic amines is 1. The predicted molar refractivity (Wildman–Crippen MR) is 68.2 cm³/mol. The van der Waals surface area contributed by atoms with Crippen molar-refractivity contribution in [2.75, 3.05) is 0 Å². The number of fused-ring (bicyclic) bond motifs is 1. The lowest BCUT2D eigenvalue weighted by Gasteiger charge is -2.12. The number of amides is 1. The van der Waals surface area contributed by atoms with Gasteiger partial charge in [-0.05, 0) is 30.8 Å². The molecule has 1 aliphatic heterocycles. The fraction of sp³-hybridized carbons (Fsp3) is 0.333. The van der Waals surface area contributed by atoms with E-state index in [1.807, 2.05) is 0 Å². The van der Waals surface area contributed by atoms with Crippen molar-refractivity contribution in [2.45, 2.75) is 25.4 Å². The number of benzene rings is 1. The third-order valence-electron chi connectivity index (χ3n) is 3.31. The molecule has 0 saturated carbocycles. The number of carbonyl (C=O) groups is 1. The minimum Gasteiger partial charge on any atom is -0.352 e. The monoisotopic (exact) mass is 283 g/mol. The standard InChI is InChI=1S/C12H11F2N3OS/c13-7-2-3-8-11(10(7)14)17(12(19)16-8)5-6-1-4-9(18)15-6/h2-3,6H,1,4-5H2,(H,15,18)(H,16,19). The van der Waals surface area contributed by atoms with Crippen LogP contribution in [-0.2, 0) is 11.3 Å². The van der Waals surface area contributed by atoms with Gasteiger partial charge in [-0.3, -0.25) is 4.79 Å². The zero-order valence-corrected chi connectivity index (χ0v) is 10.7. The van der Waals surface area contributed by atoms with Gasteiger partial charge in [0.05, 0.1) is 5.52 Å². The maximum absolute atomic E-state index is 13.9. The second-order valence-electron chi connectivity index (χ2n) is 4.60. The number of hydrogen-bond acceptors (Lipinski definition) is 2. The Bertz CT molecular complexity index is 722. The molecule has 3 rings (SSSR count). The highest BCUT2D eigenvalue weighted by Gasteiger charge is 2.23. The maximum Gasteiger partial charge on any atom is 0.220 e. The Balaban J connectivity index is 2.07. The van der Waals surface area contributed by atoms with Crippen LogP contribution in [0.15, 0.2) is 12.1 Å². The molecule has 1 amide bonds. The molecular weight excluding hydrogens is 272 g/mol. The first-order valence-corrected chi connectivity index (χ1v) is 6.33. The molecule has 0 spiro atoms. The van der Waals surface area contributed by atoms with E-state index in [0.717, 1.165) is 6.07 Å². The minimum atomic E-state index is -0.922. The molecule has 19 heavy (non-hydrogen) atoms. The molecular formula is C12H11F2N3OS. The molecule has 1 unspecified atom stereocenters. The fourth-order valence-electron chi connectivity index (χ4n) is 2.40. The summed E-state index contributed by atoms with van der Waals surface area (Å²) in [5.41, 5.74) is 0.569. The SMILES string of the molecule is O=C1CCC(Cn2c(=S)[nH]c3ccc(F)c(F)c32)N1. The Morgan fingerprint density at radius 2 is 2.21 bits per heavy atom. The van der Waals surface area contributed by atoms with E-state index in [2.05, 4.69) is 10.3 Å². The van der Waals surface area contributed by atoms with Crippen LogP contribution in [0.2, 0.25) is 0 Å². The first-order valence-electron chi connectivity index (χ1n) is 5.92. The van der Waals surface area contributed by atoms with Gasteiger partial charge in [0.1, 0.15) is 5.52 Å². The van der Waals surface area contributed by atoms with Crippen LogP contribution in [0.4, 0.5) is 8.78 Å². The van der Waals surface area contributed by atoms with Gasteiger partial charge >= 0.3 is 0 Å². The molecule has 1 atom stereocenters. The summed E-state index contributed by atoms with van der Waals surface area (Å²) in [7, 11) is 0. The first kappa shape index (κ1) is 12.3. The van der Waals surface area contributed by atoms with Crippen LogP contribution in [0.1, 0.15) is 12.8 Å². The van der Waals surface area contributed by atoms with Crippen LogP contribution in [0.25, 0.3) is 11.0 Å². The molecule has 1 fully saturated rings. The van der Waals surface area contributed by atoms with Crippen LogP contribution in [0.3, 0.4) is 0 Å². The highest BCUT2D eigenvalue weighted by molar-refractivity contribution is 7.71. The second kappa shape index (κ2) is 4.41. The van der Waals surface area contributed by atoms with Crippen LogP contribution in [0.5, 0.6) is 0 Å². The van der Waals surface area contributed by atoms with Gasteiger partial charge in [-0.15, -0.1) is 0 Å². The highest BCUT2D eigenvalue weighted by Crippen LogP contribution is 2.22. The normalized spacial score (nSPS) is 19.1. The smallest absolute Gasteiger partial charge is 0.220 e. The first-order chi connectivity index (χ1) is 9.06. The maximum atomic E-state index is 13.9. The highest BCUT2D eigenvalue weighted by atomic mass is 32.1. The number of nitrogens with one attached hydrogen (secondary N) is 2. The summed E-state index contributed by atoms with van der Waals surface area (Å²) < 4.78 is 29.0. The molecule has 2 heterocycles. The lowest BCUT2D eigenvalue weighted by Crippen LogP contribution is -2.29. The molecule has 1 aromatic heterocycles. The van der Waals surface area contributed by atoms with E-state index >= 15 is 0 Å². The molecule has 100 valence electrons. The van der Waals surface area contributed by atoms with Crippen molar-refractivity contribution in [2.24, 2.45) is 0 Å². The van der Waals surface area contributed by atoms with Crippen molar-refractivity contribution in [3.8, 4) is 0 Å². The molecule has 0 bridgehead atoms. The van der Waals surface area contributed by atoms with Crippen LogP contribution >= 0.6 is 12.2 Å². The van der Waals surface area contributed by atoms with Gasteiger partial charge in [0.2, 0.25) is 5.91 Å². The van der Waals surface area contributed by atoms with Gasteiger partial charge in [-0.2, -0.15) is 0 Å². The second-order valence-corrected chi connectivity index (χ2v) is 4.99. The van der Waals surface area contributed by atoms with Crippen LogP contribution in [0, 0.1) is 16.4 Å². The van der Waals surface area contributed by atoms with Crippen molar-refractivity contribution in [1.82, 2.24) is 14.9 Å². The molecule has 0 radical (unpaired) electrons. The number of aromatic nitrogens is 2. The van der Waals surface area contributed by atoms with E-state index < -0.39 is 11.6 Å². The van der Waals surface area contributed by atoms with Gasteiger partial charge < -0.3 is 14.9 Å². The molecule has 1 aromatic carbocycles. The van der Waals surface area contributed by atoms with E-state index in [1.54, 1.807) is 0 Å². The Hall–Kier alpha value is -1.76. The van der Waals surface area contributed by atoms with Gasteiger partial charge in [-0.1, -0.05) is 0 Å². The van der Waals surface area contributed by atoms with Crippen molar-refractivity contribution >= 4 is 29.2 Å². The summed E-state index contributed by atoms with van der Waals surface area (Å²) in [5, 5.41) is 2.78. The van der Waals surface area contributed by atoms with Gasteiger partial charge in [-0.25, -0.2) is 8.78 Å². The number of rotatable bonds is 2. The Morgan fingerprint density at radius 1 is 1.42 bits per heavy atom. The Labute approximate surface area is 112 Å². The van der Waals surface area contributed by atoms with Crippen molar-refractivity contribution < 1.29 is 13.6 Å². The summed E-state index contributed by atoms with van der Waals surface area (Å²) >= 11 is 5.13. The van der Waals surface area contributed by atoms with E-state index in [1.165, 1.54) is 10.6 Å². The number of carbonyl (C=O) groups excluding carboxylic acids is 1. The molecule has 2 aromatic rings. The lowest BCUT2D eigenvalue weighted by atomic mass is 10.2. The largest absolute Gasteiger partial charge is 0.352 e. The molecule has 2 N–H and O–H groups in total. The molecule has 1 saturated heterocycles. The zero-order chi connectivity index (χ0) is 13.6. The fourth-order valence-corrected chi connectivity index (χ4v) is 2.67. The third-order valence-corrected chi connectivity index (χ3v) is 3.64. The number of halogens is 2. The van der Waals surface area contributed by atoms with Gasteiger partial charge in [0.15, 0.2) is 16.4 Å². The average molecular weight is 283 g/mol. The summed E-state index contributed by atoms with van der Waals surface area (Å²) in [5.74, 6) is -1.86. The average Bonchev–Trinajstić information content (AvgIpc) is 2.90. The van der Waals surface area contributed by atoms with Crippen molar-refractivity contribution in [3.63, 3.8) is 0 Å². The number of nitrogens with zero attached hydrogens (tertiary/aromatic N) is 1. The minimum absolute atomic E-state index is 0.0250. The number of H-pyrrole nitrogens is 1. The topological polar surface area (TPSA) is 49.8 Å². The van der Waals surface area contributed by atoms with Gasteiger partial charge in [0.25, 0.3) is 0 Å². The van der Waals surface area contributed by atoms with Crippen LogP contribution < -0.4 is 5.32 Å². The van der Waals surface area contributed by atoms with Gasteiger partial charge in [0, 0.05) is 19.0 Å². The number of hydrogen-bond donors (Lipinski definition) is 2. The molecule has 0 aliphatic carbocycles. The van der Waals surface area contributed by atoms with E-state index in [-0.39, 0.29) is 17.5 Å². The summed E-state index contributed by atoms with van der Waals surface area (Å²) in [6.07, 6.45) is 1.13. The summed E-state index contributed by atoms with van der Waals surface area (Å²) in [6.45, 7) is 0.338. The van der Waals surface area contributed by atoms with E-state index in [4.69, 9.17) is 12.2 Å². The van der Waals surface area contributed by atoms with E-state index in [0.29, 0.717) is 29.7 Å². The van der Waals surface area contributed by atoms with Crippen molar-refractivity contribution in [3.05, 3.63) is 28.5 Å². The predicted octanol–water partition coefficient (Wildman–Crippen LogP) is 2.26. The quantitative estimate of drug-likeness (QED) is 0.831. The zero-order valence-electron chi connectivity index (χ0n) is 9.87. The Kier molecular flexibility index (Phi) is 2.85. The molecule has 1 aliphatic rings. The summed E-state index contributed by atoms with van der Waals surface area (Å²) in [6, 6.07) is 2.42. The number of imidazole rings is 1. The lowest BCUT2D eigenvalue weighted by molar-refractivity contribution is -0.119. The van der Waals surface area contributed by atoms with Crippen LogP contribution in [-0.4, -0.2) is 21.5 Å². The summed E-state index contributed by atoms with van der Waals surface area (Å²) in [4.78, 5) is 14.0. The van der Waals surface area contributed by atoms with E-state index in [9.17, 15) is 13.6 Å². The molecule has 4 nitrogen and oxygen atoms in total. The molecule has 7 heteroatoms. The van der Waals surface area contributed by atoms with Crippen molar-refractivity contribution in [1.29, 1.82) is 0 Å². The Morgan fingerprint density at radius 3 is 2.89 bits per heavy atom. The third kappa shape index (κ3) is 2.03.